The summed E-state index contributed by atoms with van der Waals surface area (Å²) in [4.78, 5) is 26.8. The molecule has 152 valence electrons. The number of anilines is 3. The van der Waals surface area contributed by atoms with Crippen LogP contribution < -0.4 is 15.1 Å². The topological polar surface area (TPSA) is 61.4 Å². The molecule has 7 heteroatoms. The van der Waals surface area contributed by atoms with E-state index in [0.717, 1.165) is 47.7 Å². The lowest BCUT2D eigenvalue weighted by Gasteiger charge is -2.35. The van der Waals surface area contributed by atoms with Crippen molar-refractivity contribution in [1.29, 1.82) is 0 Å². The van der Waals surface area contributed by atoms with Crippen molar-refractivity contribution in [2.24, 2.45) is 0 Å². The fourth-order valence-corrected chi connectivity index (χ4v) is 4.55. The highest BCUT2D eigenvalue weighted by atomic mass is 35.5. The Morgan fingerprint density at radius 3 is 2.80 bits per heavy atom. The van der Waals surface area contributed by atoms with Crippen molar-refractivity contribution in [1.82, 2.24) is 9.97 Å². The molecule has 1 aromatic carbocycles. The Hall–Kier alpha value is -3.12. The first-order valence-electron chi connectivity index (χ1n) is 10.1. The van der Waals surface area contributed by atoms with Gasteiger partial charge in [-0.3, -0.25) is 10.2 Å². The van der Waals surface area contributed by atoms with Crippen LogP contribution in [0.4, 0.5) is 22.1 Å². The smallest absolute Gasteiger partial charge is 0.329 e. The van der Waals surface area contributed by atoms with Crippen LogP contribution in [0, 0.1) is 13.8 Å². The first-order valence-corrected chi connectivity index (χ1v) is 10.4. The number of amides is 2. The Balaban J connectivity index is 1.53. The van der Waals surface area contributed by atoms with Gasteiger partial charge in [-0.2, -0.15) is 0 Å². The Morgan fingerprint density at radius 1 is 1.13 bits per heavy atom. The van der Waals surface area contributed by atoms with E-state index in [1.807, 2.05) is 56.3 Å². The molecule has 1 N–H and O–H groups in total. The predicted octanol–water partition coefficient (Wildman–Crippen LogP) is 5.04. The highest BCUT2D eigenvalue weighted by molar-refractivity contribution is 6.30. The molecule has 0 spiro atoms. The van der Waals surface area contributed by atoms with Gasteiger partial charge >= 0.3 is 6.03 Å². The quantitative estimate of drug-likeness (QED) is 0.631. The molecule has 2 aliphatic rings. The van der Waals surface area contributed by atoms with Gasteiger partial charge in [-0.25, -0.2) is 14.8 Å². The lowest BCUT2D eigenvalue weighted by molar-refractivity contribution is 0.254. The van der Waals surface area contributed by atoms with Gasteiger partial charge in [0.05, 0.1) is 17.4 Å². The van der Waals surface area contributed by atoms with Crippen LogP contribution in [0.3, 0.4) is 0 Å². The van der Waals surface area contributed by atoms with Crippen LogP contribution in [0.2, 0.25) is 5.02 Å². The molecule has 0 aliphatic carbocycles. The molecule has 2 bridgehead atoms. The maximum atomic E-state index is 13.3. The molecule has 1 atom stereocenters. The minimum absolute atomic E-state index is 0.0884. The second-order valence-electron chi connectivity index (χ2n) is 7.91. The number of aromatic nitrogens is 2. The Morgan fingerprint density at radius 2 is 2.00 bits per heavy atom. The SMILES string of the molecule is Cc1cc(C)nc(NC(=O)N2c3nc(-c4cccc(Cl)c4)ccc3N3CC[C@H]2C3)c1. The number of fused-ring (bicyclic) bond motifs is 4. The maximum Gasteiger partial charge on any atom is 0.329 e. The number of carbonyl (C=O) groups excluding carboxylic acids is 1. The zero-order valence-corrected chi connectivity index (χ0v) is 17.6. The second-order valence-corrected chi connectivity index (χ2v) is 8.35. The van der Waals surface area contributed by atoms with Crippen LogP contribution in [0.25, 0.3) is 11.3 Å². The molecular weight excluding hydrogens is 398 g/mol. The number of aryl methyl sites for hydroxylation is 2. The largest absolute Gasteiger partial charge is 0.366 e. The first kappa shape index (κ1) is 18.9. The Labute approximate surface area is 180 Å². The van der Waals surface area contributed by atoms with Crippen molar-refractivity contribution in [3.8, 4) is 11.3 Å². The summed E-state index contributed by atoms with van der Waals surface area (Å²) in [5.74, 6) is 1.24. The number of pyridine rings is 2. The normalized spacial score (nSPS) is 17.1. The van der Waals surface area contributed by atoms with E-state index in [2.05, 4.69) is 21.3 Å². The van der Waals surface area contributed by atoms with Crippen molar-refractivity contribution in [3.63, 3.8) is 0 Å². The highest BCUT2D eigenvalue weighted by Crippen LogP contribution is 2.40. The van der Waals surface area contributed by atoms with E-state index in [4.69, 9.17) is 16.6 Å². The minimum atomic E-state index is -0.198. The lowest BCUT2D eigenvalue weighted by atomic mass is 10.1. The lowest BCUT2D eigenvalue weighted by Crippen LogP contribution is -2.48. The van der Waals surface area contributed by atoms with E-state index in [1.165, 1.54) is 0 Å². The fraction of sp³-hybridized carbons (Fsp3) is 0.261. The van der Waals surface area contributed by atoms with E-state index in [9.17, 15) is 4.79 Å². The van der Waals surface area contributed by atoms with Gasteiger partial charge < -0.3 is 4.90 Å². The molecule has 3 aromatic rings. The zero-order chi connectivity index (χ0) is 20.8. The van der Waals surface area contributed by atoms with E-state index >= 15 is 0 Å². The number of benzene rings is 1. The predicted molar refractivity (Wildman–Crippen MR) is 121 cm³/mol. The van der Waals surface area contributed by atoms with Crippen LogP contribution in [0.15, 0.2) is 48.5 Å². The number of nitrogens with one attached hydrogen (secondary N) is 1. The van der Waals surface area contributed by atoms with Gasteiger partial charge in [0.2, 0.25) is 0 Å². The van der Waals surface area contributed by atoms with Crippen molar-refractivity contribution in [2.45, 2.75) is 26.3 Å². The van der Waals surface area contributed by atoms with E-state index in [1.54, 1.807) is 4.90 Å². The highest BCUT2D eigenvalue weighted by Gasteiger charge is 2.40. The third-order valence-electron chi connectivity index (χ3n) is 5.62. The van der Waals surface area contributed by atoms with Gasteiger partial charge in [0.15, 0.2) is 5.82 Å². The van der Waals surface area contributed by atoms with Crippen molar-refractivity contribution in [3.05, 3.63) is 64.8 Å². The number of hydrogen-bond acceptors (Lipinski definition) is 4. The first-order chi connectivity index (χ1) is 14.5. The number of nitrogens with zero attached hydrogens (tertiary/aromatic N) is 4. The van der Waals surface area contributed by atoms with Crippen molar-refractivity contribution < 1.29 is 4.79 Å². The maximum absolute atomic E-state index is 13.3. The molecule has 2 amide bonds. The molecule has 0 unspecified atom stereocenters. The number of rotatable bonds is 2. The van der Waals surface area contributed by atoms with Crippen molar-refractivity contribution in [2.75, 3.05) is 28.2 Å². The molecule has 1 saturated heterocycles. The van der Waals surface area contributed by atoms with Gasteiger partial charge in [0, 0.05) is 29.4 Å². The van der Waals surface area contributed by atoms with Gasteiger partial charge in [-0.05, 0) is 62.2 Å². The van der Waals surface area contributed by atoms with E-state index in [-0.39, 0.29) is 12.1 Å². The summed E-state index contributed by atoms with van der Waals surface area (Å²) in [5, 5.41) is 3.64. The molecular formula is C23H22ClN5O. The molecule has 30 heavy (non-hydrogen) atoms. The summed E-state index contributed by atoms with van der Waals surface area (Å²) in [6.45, 7) is 5.65. The van der Waals surface area contributed by atoms with Crippen LogP contribution in [-0.4, -0.2) is 35.1 Å². The van der Waals surface area contributed by atoms with Crippen LogP contribution in [0.5, 0.6) is 0 Å². The second kappa shape index (κ2) is 7.29. The summed E-state index contributed by atoms with van der Waals surface area (Å²) in [7, 11) is 0. The fourth-order valence-electron chi connectivity index (χ4n) is 4.36. The summed E-state index contributed by atoms with van der Waals surface area (Å²) in [6, 6.07) is 15.4. The van der Waals surface area contributed by atoms with Gasteiger partial charge in [0.25, 0.3) is 0 Å². The molecule has 4 heterocycles. The summed E-state index contributed by atoms with van der Waals surface area (Å²) < 4.78 is 0. The van der Waals surface area contributed by atoms with Gasteiger partial charge in [0.1, 0.15) is 5.82 Å². The summed E-state index contributed by atoms with van der Waals surface area (Å²) in [5.41, 5.74) is 4.64. The Bertz CT molecular complexity index is 1130. The summed E-state index contributed by atoms with van der Waals surface area (Å²) in [6.07, 6.45) is 0.913. The van der Waals surface area contributed by atoms with Crippen LogP contribution in [0.1, 0.15) is 17.7 Å². The zero-order valence-electron chi connectivity index (χ0n) is 16.9. The van der Waals surface area contributed by atoms with E-state index in [0.29, 0.717) is 16.7 Å². The molecule has 5 rings (SSSR count). The molecule has 0 radical (unpaired) electrons. The van der Waals surface area contributed by atoms with Crippen LogP contribution >= 0.6 is 11.6 Å². The molecule has 0 saturated carbocycles. The summed E-state index contributed by atoms with van der Waals surface area (Å²) >= 11 is 6.17. The standard InChI is InChI=1S/C23H22ClN5O/c1-14-10-15(2)25-21(11-14)27-23(30)29-18-8-9-28(13-18)20-7-6-19(26-22(20)29)16-4-3-5-17(24)12-16/h3-7,10-12,18H,8-9,13H2,1-2H3,(H,25,27,30)/t18-/m0/s1. The van der Waals surface area contributed by atoms with Crippen LogP contribution in [-0.2, 0) is 0 Å². The number of halogens is 1. The molecule has 1 fully saturated rings. The third-order valence-corrected chi connectivity index (χ3v) is 5.86. The third kappa shape index (κ3) is 3.37. The monoisotopic (exact) mass is 419 g/mol. The van der Waals surface area contributed by atoms with Gasteiger partial charge in [-0.15, -0.1) is 0 Å². The van der Waals surface area contributed by atoms with Gasteiger partial charge in [-0.1, -0.05) is 23.7 Å². The molecule has 6 nitrogen and oxygen atoms in total. The molecule has 2 aromatic heterocycles. The minimum Gasteiger partial charge on any atom is -0.366 e. The van der Waals surface area contributed by atoms with E-state index < -0.39 is 0 Å². The van der Waals surface area contributed by atoms with Crippen molar-refractivity contribution >= 4 is 35.0 Å². The number of urea groups is 1. The number of hydrogen-bond donors (Lipinski definition) is 1. The number of carbonyl (C=O) groups is 1. The average Bonchev–Trinajstić information content (AvgIpc) is 3.11. The molecule has 2 aliphatic heterocycles. The average molecular weight is 420 g/mol. The Kier molecular flexibility index (Phi) is 4.59.